The van der Waals surface area contributed by atoms with E-state index in [-0.39, 0.29) is 0 Å². The maximum absolute atomic E-state index is 4.14. The van der Waals surface area contributed by atoms with Crippen LogP contribution in [-0.2, 0) is 0 Å². The van der Waals surface area contributed by atoms with Gasteiger partial charge in [0.05, 0.1) is 0 Å². The monoisotopic (exact) mass is 178 g/mol. The van der Waals surface area contributed by atoms with E-state index >= 15 is 0 Å². The first-order valence-electron chi connectivity index (χ1n) is 4.85. The third-order valence-corrected chi connectivity index (χ3v) is 1.95. The Kier molecular flexibility index (Phi) is 3.74. The molecule has 1 aromatic rings. The van der Waals surface area contributed by atoms with Gasteiger partial charge in [0.2, 0.25) is 0 Å². The second-order valence-corrected chi connectivity index (χ2v) is 3.80. The molecule has 0 spiro atoms. The summed E-state index contributed by atoms with van der Waals surface area (Å²) in [6.07, 6.45) is 3.05. The SMILES string of the molecule is Cc1cc(NCCC(C)C)ccn1. The van der Waals surface area contributed by atoms with Crippen LogP contribution in [0.25, 0.3) is 0 Å². The topological polar surface area (TPSA) is 24.9 Å². The first kappa shape index (κ1) is 10.0. The van der Waals surface area contributed by atoms with E-state index in [1.807, 2.05) is 19.2 Å². The summed E-state index contributed by atoms with van der Waals surface area (Å²) in [6.45, 7) is 7.52. The average molecular weight is 178 g/mol. The van der Waals surface area contributed by atoms with Gasteiger partial charge in [0.1, 0.15) is 0 Å². The molecule has 0 amide bonds. The van der Waals surface area contributed by atoms with Crippen molar-refractivity contribution in [1.82, 2.24) is 4.98 Å². The number of anilines is 1. The second kappa shape index (κ2) is 4.85. The van der Waals surface area contributed by atoms with E-state index in [4.69, 9.17) is 0 Å². The average Bonchev–Trinajstić information content (AvgIpc) is 2.03. The van der Waals surface area contributed by atoms with Gasteiger partial charge in [-0.25, -0.2) is 0 Å². The molecule has 0 aliphatic carbocycles. The summed E-state index contributed by atoms with van der Waals surface area (Å²) in [7, 11) is 0. The van der Waals surface area contributed by atoms with E-state index in [9.17, 15) is 0 Å². The van der Waals surface area contributed by atoms with Crippen molar-refractivity contribution in [3.8, 4) is 0 Å². The van der Waals surface area contributed by atoms with Crippen LogP contribution in [0.15, 0.2) is 18.3 Å². The third-order valence-electron chi connectivity index (χ3n) is 1.95. The van der Waals surface area contributed by atoms with Crippen LogP contribution in [0.5, 0.6) is 0 Å². The number of hydrogen-bond donors (Lipinski definition) is 1. The van der Waals surface area contributed by atoms with Crippen molar-refractivity contribution in [2.24, 2.45) is 5.92 Å². The molecule has 2 nitrogen and oxygen atoms in total. The molecule has 1 rings (SSSR count). The van der Waals surface area contributed by atoms with Crippen molar-refractivity contribution in [2.75, 3.05) is 11.9 Å². The van der Waals surface area contributed by atoms with E-state index < -0.39 is 0 Å². The zero-order chi connectivity index (χ0) is 9.68. The Morgan fingerprint density at radius 1 is 1.46 bits per heavy atom. The molecule has 1 heterocycles. The van der Waals surface area contributed by atoms with E-state index in [0.29, 0.717) is 0 Å². The highest BCUT2D eigenvalue weighted by molar-refractivity contribution is 5.42. The predicted molar refractivity (Wildman–Crippen MR) is 56.9 cm³/mol. The standard InChI is InChI=1S/C11H18N2/c1-9(2)4-6-13-11-5-7-12-10(3)8-11/h5,7-9H,4,6H2,1-3H3,(H,12,13). The summed E-state index contributed by atoms with van der Waals surface area (Å²) in [5, 5.41) is 3.38. The highest BCUT2D eigenvalue weighted by atomic mass is 14.9. The molecule has 0 saturated carbocycles. The van der Waals surface area contributed by atoms with E-state index in [0.717, 1.165) is 18.2 Å². The minimum atomic E-state index is 0.760. The molecular formula is C11H18N2. The number of hydrogen-bond acceptors (Lipinski definition) is 2. The lowest BCUT2D eigenvalue weighted by Crippen LogP contribution is -2.04. The number of aryl methyl sites for hydroxylation is 1. The van der Waals surface area contributed by atoms with Crippen molar-refractivity contribution in [3.05, 3.63) is 24.0 Å². The first-order chi connectivity index (χ1) is 6.18. The number of nitrogens with one attached hydrogen (secondary N) is 1. The third kappa shape index (κ3) is 3.92. The number of pyridine rings is 1. The Morgan fingerprint density at radius 3 is 2.85 bits per heavy atom. The van der Waals surface area contributed by atoms with Crippen LogP contribution in [0.3, 0.4) is 0 Å². The molecule has 0 saturated heterocycles. The van der Waals surface area contributed by atoms with Gasteiger partial charge in [-0.05, 0) is 31.4 Å². The lowest BCUT2D eigenvalue weighted by molar-refractivity contribution is 0.607. The zero-order valence-electron chi connectivity index (χ0n) is 8.67. The van der Waals surface area contributed by atoms with Crippen LogP contribution in [0.2, 0.25) is 0 Å². The number of nitrogens with zero attached hydrogens (tertiary/aromatic N) is 1. The van der Waals surface area contributed by atoms with Crippen molar-refractivity contribution in [1.29, 1.82) is 0 Å². The fourth-order valence-corrected chi connectivity index (χ4v) is 1.16. The summed E-state index contributed by atoms with van der Waals surface area (Å²) < 4.78 is 0. The molecular weight excluding hydrogens is 160 g/mol. The fraction of sp³-hybridized carbons (Fsp3) is 0.545. The Hall–Kier alpha value is -1.05. The molecule has 0 atom stereocenters. The van der Waals surface area contributed by atoms with Crippen LogP contribution in [0.1, 0.15) is 26.0 Å². The maximum atomic E-state index is 4.14. The van der Waals surface area contributed by atoms with Crippen molar-refractivity contribution in [3.63, 3.8) is 0 Å². The quantitative estimate of drug-likeness (QED) is 0.766. The molecule has 0 radical (unpaired) electrons. The van der Waals surface area contributed by atoms with Gasteiger partial charge < -0.3 is 5.32 Å². The fourth-order valence-electron chi connectivity index (χ4n) is 1.16. The summed E-state index contributed by atoms with van der Waals surface area (Å²) in [4.78, 5) is 4.14. The van der Waals surface area contributed by atoms with E-state index in [2.05, 4.69) is 30.2 Å². The molecule has 13 heavy (non-hydrogen) atoms. The largest absolute Gasteiger partial charge is 0.385 e. The van der Waals surface area contributed by atoms with Gasteiger partial charge >= 0.3 is 0 Å². The minimum Gasteiger partial charge on any atom is -0.385 e. The van der Waals surface area contributed by atoms with Gasteiger partial charge in [-0.15, -0.1) is 0 Å². The smallest absolute Gasteiger partial charge is 0.0393 e. The Morgan fingerprint density at radius 2 is 2.23 bits per heavy atom. The van der Waals surface area contributed by atoms with Crippen LogP contribution >= 0.6 is 0 Å². The Bertz CT molecular complexity index is 256. The van der Waals surface area contributed by atoms with Crippen LogP contribution < -0.4 is 5.32 Å². The molecule has 0 aromatic carbocycles. The second-order valence-electron chi connectivity index (χ2n) is 3.80. The molecule has 0 bridgehead atoms. The van der Waals surface area contributed by atoms with Gasteiger partial charge in [-0.3, -0.25) is 4.98 Å². The Balaban J connectivity index is 2.37. The summed E-state index contributed by atoms with van der Waals surface area (Å²) >= 11 is 0. The molecule has 2 heteroatoms. The lowest BCUT2D eigenvalue weighted by Gasteiger charge is -2.08. The molecule has 0 aliphatic heterocycles. The predicted octanol–water partition coefficient (Wildman–Crippen LogP) is 2.85. The summed E-state index contributed by atoms with van der Waals surface area (Å²) in [5.41, 5.74) is 2.24. The minimum absolute atomic E-state index is 0.760. The van der Waals surface area contributed by atoms with Crippen LogP contribution in [0, 0.1) is 12.8 Å². The van der Waals surface area contributed by atoms with E-state index in [1.165, 1.54) is 12.1 Å². The maximum Gasteiger partial charge on any atom is 0.0393 e. The highest BCUT2D eigenvalue weighted by Gasteiger charge is 1.94. The molecule has 0 fully saturated rings. The van der Waals surface area contributed by atoms with Crippen LogP contribution in [-0.4, -0.2) is 11.5 Å². The van der Waals surface area contributed by atoms with E-state index in [1.54, 1.807) is 0 Å². The normalized spacial score (nSPS) is 10.5. The highest BCUT2D eigenvalue weighted by Crippen LogP contribution is 2.08. The van der Waals surface area contributed by atoms with Gasteiger partial charge in [-0.1, -0.05) is 13.8 Å². The molecule has 1 N–H and O–H groups in total. The lowest BCUT2D eigenvalue weighted by atomic mass is 10.1. The summed E-state index contributed by atoms with van der Waals surface area (Å²) in [5.74, 6) is 0.760. The van der Waals surface area contributed by atoms with Crippen molar-refractivity contribution >= 4 is 5.69 Å². The summed E-state index contributed by atoms with van der Waals surface area (Å²) in [6, 6.07) is 4.08. The zero-order valence-corrected chi connectivity index (χ0v) is 8.67. The van der Waals surface area contributed by atoms with Gasteiger partial charge in [0, 0.05) is 24.1 Å². The molecule has 1 aromatic heterocycles. The van der Waals surface area contributed by atoms with Crippen molar-refractivity contribution < 1.29 is 0 Å². The molecule has 0 unspecified atom stereocenters. The number of rotatable bonds is 4. The van der Waals surface area contributed by atoms with Gasteiger partial charge in [0.15, 0.2) is 0 Å². The Labute approximate surface area is 80.4 Å². The number of aromatic nitrogens is 1. The van der Waals surface area contributed by atoms with Gasteiger partial charge in [-0.2, -0.15) is 0 Å². The molecule has 0 aliphatic rings. The first-order valence-corrected chi connectivity index (χ1v) is 4.85. The van der Waals surface area contributed by atoms with Gasteiger partial charge in [0.25, 0.3) is 0 Å². The molecule has 72 valence electrons. The van der Waals surface area contributed by atoms with Crippen molar-refractivity contribution in [2.45, 2.75) is 27.2 Å². The van der Waals surface area contributed by atoms with Crippen LogP contribution in [0.4, 0.5) is 5.69 Å².